The molecule has 0 atom stereocenters. The summed E-state index contributed by atoms with van der Waals surface area (Å²) in [6.45, 7) is 1.33. The summed E-state index contributed by atoms with van der Waals surface area (Å²) in [6.07, 6.45) is 2.39. The van der Waals surface area contributed by atoms with Crippen LogP contribution in [0, 0.1) is 0 Å². The van der Waals surface area contributed by atoms with Crippen molar-refractivity contribution in [3.05, 3.63) is 0 Å². The summed E-state index contributed by atoms with van der Waals surface area (Å²) in [7, 11) is 0. The van der Waals surface area contributed by atoms with E-state index in [-0.39, 0.29) is 6.42 Å². The van der Waals surface area contributed by atoms with Crippen molar-refractivity contribution < 1.29 is 24.6 Å². The van der Waals surface area contributed by atoms with E-state index in [0.717, 1.165) is 30.8 Å². The lowest BCUT2D eigenvalue weighted by Gasteiger charge is -2.20. The average Bonchev–Trinajstić information content (AvgIpc) is 2.76. The summed E-state index contributed by atoms with van der Waals surface area (Å²) >= 11 is 0. The van der Waals surface area contributed by atoms with Crippen molar-refractivity contribution in [2.45, 2.75) is 19.3 Å². The Bertz CT molecular complexity index is 309. The molecule has 1 aliphatic rings. The van der Waals surface area contributed by atoms with Gasteiger partial charge in [-0.05, 0) is 25.9 Å². The topological polar surface area (TPSA) is 98.1 Å². The third kappa shape index (κ3) is 5.13. The van der Waals surface area contributed by atoms with Crippen LogP contribution in [0.25, 0.3) is 0 Å². The molecule has 0 aromatic rings. The predicted octanol–water partition coefficient (Wildman–Crippen LogP) is -0.530. The lowest BCUT2D eigenvalue weighted by molar-refractivity contribution is -0.149. The number of carbonyl (C=O) groups excluding carboxylic acids is 1. The first-order valence-electron chi connectivity index (χ1n) is 5.92. The van der Waals surface area contributed by atoms with Gasteiger partial charge in [-0.25, -0.2) is 0 Å². The molecule has 0 unspecified atom stereocenters. The molecule has 1 aliphatic heterocycles. The zero-order valence-electron chi connectivity index (χ0n) is 10.2. The molecule has 1 saturated heterocycles. The van der Waals surface area contributed by atoms with Crippen LogP contribution in [-0.2, 0) is 14.4 Å². The van der Waals surface area contributed by atoms with Crippen LogP contribution in [0.15, 0.2) is 0 Å². The van der Waals surface area contributed by atoms with Gasteiger partial charge in [0.05, 0.1) is 0 Å². The van der Waals surface area contributed by atoms with Gasteiger partial charge in [0.2, 0.25) is 5.91 Å². The first kappa shape index (κ1) is 14.4. The second kappa shape index (κ2) is 6.95. The van der Waals surface area contributed by atoms with E-state index < -0.39 is 30.9 Å². The zero-order chi connectivity index (χ0) is 13.5. The van der Waals surface area contributed by atoms with Gasteiger partial charge in [-0.2, -0.15) is 0 Å². The van der Waals surface area contributed by atoms with Gasteiger partial charge in [0, 0.05) is 13.0 Å². The maximum Gasteiger partial charge on any atom is 0.323 e. The van der Waals surface area contributed by atoms with Gasteiger partial charge in [0.25, 0.3) is 0 Å². The Labute approximate surface area is 105 Å². The predicted molar refractivity (Wildman–Crippen MR) is 62.1 cm³/mol. The van der Waals surface area contributed by atoms with E-state index in [1.165, 1.54) is 0 Å². The Morgan fingerprint density at radius 3 is 1.94 bits per heavy atom. The van der Waals surface area contributed by atoms with Gasteiger partial charge in [-0.3, -0.25) is 14.4 Å². The van der Waals surface area contributed by atoms with Gasteiger partial charge < -0.3 is 20.0 Å². The van der Waals surface area contributed by atoms with E-state index in [0.29, 0.717) is 6.54 Å². The summed E-state index contributed by atoms with van der Waals surface area (Å²) < 4.78 is 0. The smallest absolute Gasteiger partial charge is 0.323 e. The molecule has 0 spiro atoms. The normalized spacial score (nSPS) is 15.6. The Kier molecular flexibility index (Phi) is 5.57. The maximum atomic E-state index is 11.7. The average molecular weight is 258 g/mol. The van der Waals surface area contributed by atoms with Crippen molar-refractivity contribution in [3.8, 4) is 0 Å². The minimum absolute atomic E-state index is 0.167. The van der Waals surface area contributed by atoms with E-state index in [1.54, 1.807) is 0 Å². The lowest BCUT2D eigenvalue weighted by Crippen LogP contribution is -2.40. The number of carboxylic acids is 2. The number of rotatable bonds is 7. The van der Waals surface area contributed by atoms with E-state index >= 15 is 0 Å². The summed E-state index contributed by atoms with van der Waals surface area (Å²) in [4.78, 5) is 35.8. The van der Waals surface area contributed by atoms with Crippen LogP contribution in [-0.4, -0.2) is 70.6 Å². The first-order valence-corrected chi connectivity index (χ1v) is 5.92. The summed E-state index contributed by atoms with van der Waals surface area (Å²) in [6, 6.07) is 0. The van der Waals surface area contributed by atoms with Crippen LogP contribution >= 0.6 is 0 Å². The van der Waals surface area contributed by atoms with E-state index in [1.807, 2.05) is 0 Å². The van der Waals surface area contributed by atoms with Crippen molar-refractivity contribution in [3.63, 3.8) is 0 Å². The monoisotopic (exact) mass is 258 g/mol. The van der Waals surface area contributed by atoms with Crippen molar-refractivity contribution in [1.82, 2.24) is 9.80 Å². The van der Waals surface area contributed by atoms with E-state index in [4.69, 9.17) is 10.2 Å². The molecule has 1 amide bonds. The minimum atomic E-state index is -1.20. The highest BCUT2D eigenvalue weighted by Crippen LogP contribution is 2.08. The molecule has 2 N–H and O–H groups in total. The second-order valence-corrected chi connectivity index (χ2v) is 4.34. The largest absolute Gasteiger partial charge is 0.480 e. The third-order valence-corrected chi connectivity index (χ3v) is 2.85. The number of amides is 1. The first-order chi connectivity index (χ1) is 8.49. The van der Waals surface area contributed by atoms with Crippen LogP contribution in [0.3, 0.4) is 0 Å². The standard InChI is InChI=1S/C11H18N2O5/c14-9(3-6-12-4-1-2-5-12)13(7-10(15)16)8-11(17)18/h1-8H2,(H,15,16)(H,17,18). The summed E-state index contributed by atoms with van der Waals surface area (Å²) in [5, 5.41) is 17.3. The molecule has 0 radical (unpaired) electrons. The molecule has 1 fully saturated rings. The fraction of sp³-hybridized carbons (Fsp3) is 0.727. The second-order valence-electron chi connectivity index (χ2n) is 4.34. The van der Waals surface area contributed by atoms with Crippen LogP contribution in [0.1, 0.15) is 19.3 Å². The van der Waals surface area contributed by atoms with Crippen LogP contribution < -0.4 is 0 Å². The summed E-state index contributed by atoms with van der Waals surface area (Å²) in [5.74, 6) is -2.83. The van der Waals surface area contributed by atoms with Gasteiger partial charge in [-0.15, -0.1) is 0 Å². The van der Waals surface area contributed by atoms with Crippen molar-refractivity contribution >= 4 is 17.8 Å². The minimum Gasteiger partial charge on any atom is -0.480 e. The molecule has 0 aliphatic carbocycles. The fourth-order valence-electron chi connectivity index (χ4n) is 1.98. The molecule has 18 heavy (non-hydrogen) atoms. The van der Waals surface area contributed by atoms with Gasteiger partial charge in [0.15, 0.2) is 0 Å². The van der Waals surface area contributed by atoms with E-state index in [9.17, 15) is 14.4 Å². The lowest BCUT2D eigenvalue weighted by atomic mass is 10.3. The van der Waals surface area contributed by atoms with Crippen LogP contribution in [0.2, 0.25) is 0 Å². The third-order valence-electron chi connectivity index (χ3n) is 2.85. The molecule has 7 nitrogen and oxygen atoms in total. The number of hydrogen-bond donors (Lipinski definition) is 2. The quantitative estimate of drug-likeness (QED) is 0.637. The Morgan fingerprint density at radius 1 is 1.00 bits per heavy atom. The molecule has 1 rings (SSSR count). The molecule has 0 aromatic heterocycles. The number of carbonyl (C=O) groups is 3. The molecule has 0 saturated carbocycles. The molecule has 7 heteroatoms. The molecular formula is C11H18N2O5. The SMILES string of the molecule is O=C(O)CN(CC(=O)O)C(=O)CCN1CCCC1. The number of aliphatic carboxylic acids is 2. The van der Waals surface area contributed by atoms with Gasteiger partial charge in [-0.1, -0.05) is 0 Å². The van der Waals surface area contributed by atoms with Gasteiger partial charge >= 0.3 is 11.9 Å². The highest BCUT2D eigenvalue weighted by molar-refractivity contribution is 5.85. The van der Waals surface area contributed by atoms with Gasteiger partial charge in [0.1, 0.15) is 13.1 Å². The number of hydrogen-bond acceptors (Lipinski definition) is 4. The number of likely N-dealkylation sites (tertiary alicyclic amines) is 1. The zero-order valence-corrected chi connectivity index (χ0v) is 10.2. The van der Waals surface area contributed by atoms with Crippen LogP contribution in [0.4, 0.5) is 0 Å². The van der Waals surface area contributed by atoms with Crippen LogP contribution in [0.5, 0.6) is 0 Å². The van der Waals surface area contributed by atoms with E-state index in [2.05, 4.69) is 4.90 Å². The molecular weight excluding hydrogens is 240 g/mol. The Hall–Kier alpha value is -1.63. The molecule has 1 heterocycles. The molecule has 0 aromatic carbocycles. The summed E-state index contributed by atoms with van der Waals surface area (Å²) in [5.41, 5.74) is 0. The highest BCUT2D eigenvalue weighted by atomic mass is 16.4. The number of nitrogens with zero attached hydrogens (tertiary/aromatic N) is 2. The van der Waals surface area contributed by atoms with Crippen molar-refractivity contribution in [2.24, 2.45) is 0 Å². The fourth-order valence-corrected chi connectivity index (χ4v) is 1.98. The highest BCUT2D eigenvalue weighted by Gasteiger charge is 2.20. The maximum absolute atomic E-state index is 11.7. The Balaban J connectivity index is 2.41. The van der Waals surface area contributed by atoms with Crippen molar-refractivity contribution in [2.75, 3.05) is 32.7 Å². The number of carboxylic acid groups (broad SMARTS) is 2. The Morgan fingerprint density at radius 2 is 1.50 bits per heavy atom. The molecule has 102 valence electrons. The molecule has 0 bridgehead atoms. The van der Waals surface area contributed by atoms with Crippen molar-refractivity contribution in [1.29, 1.82) is 0 Å².